The number of likely N-dealkylation sites (tertiary alicyclic amines) is 1. The Morgan fingerprint density at radius 3 is 2.38 bits per heavy atom. The Kier molecular flexibility index (Phi) is 9.46. The van der Waals surface area contributed by atoms with E-state index in [1.165, 1.54) is 50.6 Å². The number of benzene rings is 1. The van der Waals surface area contributed by atoms with Gasteiger partial charge in [-0.2, -0.15) is 4.98 Å². The fourth-order valence-corrected chi connectivity index (χ4v) is 6.80. The second-order valence-electron chi connectivity index (χ2n) is 12.2. The minimum absolute atomic E-state index is 0.0374. The average molecular weight is 584 g/mol. The van der Waals surface area contributed by atoms with Crippen molar-refractivity contribution in [3.63, 3.8) is 0 Å². The van der Waals surface area contributed by atoms with Gasteiger partial charge < -0.3 is 25.4 Å². The first-order valence-electron chi connectivity index (χ1n) is 15.7. The summed E-state index contributed by atoms with van der Waals surface area (Å²) in [5.74, 6) is -0.220. The summed E-state index contributed by atoms with van der Waals surface area (Å²) in [4.78, 5) is 16.6. The number of piperidine rings is 1. The van der Waals surface area contributed by atoms with E-state index in [0.717, 1.165) is 64.5 Å². The van der Waals surface area contributed by atoms with Crippen molar-refractivity contribution >= 4 is 28.7 Å². The van der Waals surface area contributed by atoms with E-state index in [1.807, 2.05) is 4.57 Å². The Labute approximate surface area is 246 Å². The minimum atomic E-state index is -0.683. The van der Waals surface area contributed by atoms with Gasteiger partial charge in [-0.25, -0.2) is 18.7 Å². The number of nitrogens with zero attached hydrogens (tertiary/aromatic N) is 5. The fraction of sp³-hybridized carbons (Fsp3) is 0.645. The molecule has 1 aliphatic heterocycles. The quantitative estimate of drug-likeness (QED) is 0.276. The van der Waals surface area contributed by atoms with Crippen LogP contribution in [0.4, 0.5) is 26.4 Å². The molecule has 228 valence electrons. The van der Waals surface area contributed by atoms with Gasteiger partial charge in [-0.3, -0.25) is 4.57 Å². The summed E-state index contributed by atoms with van der Waals surface area (Å²) in [5.41, 5.74) is 0.961. The van der Waals surface area contributed by atoms with Gasteiger partial charge in [0.1, 0.15) is 22.8 Å². The van der Waals surface area contributed by atoms with Gasteiger partial charge in [0.2, 0.25) is 11.9 Å². The number of ether oxygens (including phenoxy) is 1. The van der Waals surface area contributed by atoms with Crippen molar-refractivity contribution < 1.29 is 18.6 Å². The molecule has 6 rings (SSSR count). The van der Waals surface area contributed by atoms with E-state index < -0.39 is 11.6 Å². The zero-order chi connectivity index (χ0) is 28.9. The van der Waals surface area contributed by atoms with Crippen LogP contribution in [0.2, 0.25) is 0 Å². The Bertz CT molecular complexity index is 1300. The van der Waals surface area contributed by atoms with E-state index in [4.69, 9.17) is 9.72 Å². The van der Waals surface area contributed by atoms with Crippen molar-refractivity contribution in [2.45, 2.75) is 88.8 Å². The monoisotopic (exact) mass is 583 g/mol. The maximum absolute atomic E-state index is 14.6. The van der Waals surface area contributed by atoms with Crippen molar-refractivity contribution in [3.05, 3.63) is 36.0 Å². The standard InChI is InChI=1S/C31H43F2N7O2/c32-25-5-4-6-26(33)28(25)37-31-36-27-19-34-30(38-29(27)40(31)23-11-7-21(20-41)8-12-23)35-22-9-13-24(14-10-22)42-18-17-39-15-2-1-3-16-39/h4-6,19,21-24,41H,1-3,7-18,20H2,(H,36,37)(H,34,35,38). The maximum atomic E-state index is 14.6. The molecular formula is C31H43F2N7O2. The smallest absolute Gasteiger partial charge is 0.224 e. The van der Waals surface area contributed by atoms with E-state index >= 15 is 0 Å². The number of nitrogens with one attached hydrogen (secondary N) is 2. The third-order valence-corrected chi connectivity index (χ3v) is 9.29. The van der Waals surface area contributed by atoms with E-state index in [9.17, 15) is 13.9 Å². The second-order valence-corrected chi connectivity index (χ2v) is 12.2. The number of hydrogen-bond acceptors (Lipinski definition) is 8. The van der Waals surface area contributed by atoms with Crippen molar-refractivity contribution in [2.24, 2.45) is 5.92 Å². The molecule has 11 heteroatoms. The molecule has 0 amide bonds. The van der Waals surface area contributed by atoms with Crippen LogP contribution in [0.5, 0.6) is 0 Å². The molecule has 3 fully saturated rings. The summed E-state index contributed by atoms with van der Waals surface area (Å²) in [7, 11) is 0. The van der Waals surface area contributed by atoms with Crippen LogP contribution in [0.15, 0.2) is 24.4 Å². The second kappa shape index (κ2) is 13.6. The highest BCUT2D eigenvalue weighted by atomic mass is 19.1. The van der Waals surface area contributed by atoms with E-state index in [-0.39, 0.29) is 30.3 Å². The number of anilines is 3. The van der Waals surface area contributed by atoms with Gasteiger partial charge in [-0.15, -0.1) is 0 Å². The molecule has 2 aromatic heterocycles. The maximum Gasteiger partial charge on any atom is 0.224 e. The van der Waals surface area contributed by atoms with Gasteiger partial charge in [0.05, 0.1) is 18.9 Å². The van der Waals surface area contributed by atoms with Gasteiger partial charge in [-0.05, 0) is 95.3 Å². The number of fused-ring (bicyclic) bond motifs is 1. The summed E-state index contributed by atoms with van der Waals surface area (Å²) < 4.78 is 37.3. The Balaban J connectivity index is 1.14. The number of para-hydroxylation sites is 1. The molecule has 0 radical (unpaired) electrons. The topological polar surface area (TPSA) is 100 Å². The van der Waals surface area contributed by atoms with Gasteiger partial charge in [0.25, 0.3) is 0 Å². The highest BCUT2D eigenvalue weighted by molar-refractivity contribution is 5.76. The normalized spacial score (nSPS) is 25.5. The molecular weight excluding hydrogens is 540 g/mol. The lowest BCUT2D eigenvalue weighted by atomic mass is 9.86. The molecule has 3 aliphatic rings. The molecule has 0 unspecified atom stereocenters. The molecule has 0 bridgehead atoms. The van der Waals surface area contributed by atoms with Gasteiger partial charge >= 0.3 is 0 Å². The summed E-state index contributed by atoms with van der Waals surface area (Å²) in [6.45, 7) is 4.40. The number of imidazole rings is 1. The number of aromatic nitrogens is 4. The molecule has 0 atom stereocenters. The zero-order valence-electron chi connectivity index (χ0n) is 24.3. The number of aliphatic hydroxyl groups excluding tert-OH is 1. The number of halogens is 2. The molecule has 1 aromatic carbocycles. The average Bonchev–Trinajstić information content (AvgIpc) is 3.38. The lowest BCUT2D eigenvalue weighted by Gasteiger charge is -2.31. The van der Waals surface area contributed by atoms with Gasteiger partial charge in [-0.1, -0.05) is 12.5 Å². The SMILES string of the molecule is OCC1CCC(n2c(Nc3c(F)cccc3F)nc3cnc(NC4CCC(OCCN5CCCCC5)CC4)nc32)CC1. The van der Waals surface area contributed by atoms with Gasteiger partial charge in [0.15, 0.2) is 5.65 Å². The van der Waals surface area contributed by atoms with Crippen LogP contribution >= 0.6 is 0 Å². The fourth-order valence-electron chi connectivity index (χ4n) is 6.80. The van der Waals surface area contributed by atoms with Crippen molar-refractivity contribution in [1.29, 1.82) is 0 Å². The molecule has 42 heavy (non-hydrogen) atoms. The van der Waals surface area contributed by atoms with Crippen LogP contribution in [-0.2, 0) is 4.74 Å². The molecule has 3 heterocycles. The zero-order valence-corrected chi connectivity index (χ0v) is 24.3. The Morgan fingerprint density at radius 2 is 1.67 bits per heavy atom. The highest BCUT2D eigenvalue weighted by Crippen LogP contribution is 2.37. The third-order valence-electron chi connectivity index (χ3n) is 9.29. The van der Waals surface area contributed by atoms with Crippen molar-refractivity contribution in [2.75, 3.05) is 43.5 Å². The molecule has 2 saturated carbocycles. The Hall–Kier alpha value is -2.89. The predicted molar refractivity (Wildman–Crippen MR) is 159 cm³/mol. The van der Waals surface area contributed by atoms with Gasteiger partial charge in [0, 0.05) is 25.2 Å². The molecule has 0 spiro atoms. The summed E-state index contributed by atoms with van der Waals surface area (Å²) >= 11 is 0. The van der Waals surface area contributed by atoms with Crippen LogP contribution < -0.4 is 10.6 Å². The van der Waals surface area contributed by atoms with Crippen LogP contribution in [0, 0.1) is 17.6 Å². The van der Waals surface area contributed by atoms with E-state index in [0.29, 0.717) is 29.2 Å². The van der Waals surface area contributed by atoms with Crippen LogP contribution in [0.1, 0.15) is 76.7 Å². The highest BCUT2D eigenvalue weighted by Gasteiger charge is 2.28. The summed E-state index contributed by atoms with van der Waals surface area (Å²) in [6, 6.07) is 4.08. The van der Waals surface area contributed by atoms with E-state index in [1.54, 1.807) is 6.20 Å². The summed E-state index contributed by atoms with van der Waals surface area (Å²) in [5, 5.41) is 16.1. The molecule has 2 aliphatic carbocycles. The third kappa shape index (κ3) is 6.84. The molecule has 3 aromatic rings. The number of hydrogen-bond donors (Lipinski definition) is 3. The first-order valence-corrected chi connectivity index (χ1v) is 15.7. The first kappa shape index (κ1) is 29.2. The predicted octanol–water partition coefficient (Wildman–Crippen LogP) is 5.80. The summed E-state index contributed by atoms with van der Waals surface area (Å²) in [6.07, 6.45) is 13.3. The lowest BCUT2D eigenvalue weighted by Crippen LogP contribution is -2.35. The largest absolute Gasteiger partial charge is 0.396 e. The number of rotatable bonds is 10. The molecule has 9 nitrogen and oxygen atoms in total. The number of aliphatic hydroxyl groups is 1. The van der Waals surface area contributed by atoms with Crippen molar-refractivity contribution in [1.82, 2.24) is 24.4 Å². The molecule has 3 N–H and O–H groups in total. The van der Waals surface area contributed by atoms with Crippen LogP contribution in [0.3, 0.4) is 0 Å². The van der Waals surface area contributed by atoms with Crippen molar-refractivity contribution in [3.8, 4) is 0 Å². The Morgan fingerprint density at radius 1 is 0.929 bits per heavy atom. The van der Waals surface area contributed by atoms with Crippen LogP contribution in [0.25, 0.3) is 11.2 Å². The molecule has 1 saturated heterocycles. The minimum Gasteiger partial charge on any atom is -0.396 e. The lowest BCUT2D eigenvalue weighted by molar-refractivity contribution is 0.0123. The van der Waals surface area contributed by atoms with Crippen LogP contribution in [-0.4, -0.2) is 74.5 Å². The van der Waals surface area contributed by atoms with E-state index in [2.05, 4.69) is 25.5 Å². The first-order chi connectivity index (χ1) is 20.6.